The minimum atomic E-state index is -4.74. The van der Waals surface area contributed by atoms with E-state index >= 15 is 0 Å². The van der Waals surface area contributed by atoms with Crippen molar-refractivity contribution in [1.82, 2.24) is 10.2 Å². The summed E-state index contributed by atoms with van der Waals surface area (Å²) < 4.78 is 40.8. The molecule has 3 rings (SSSR count). The normalized spacial score (nSPS) is 19.3. The molecule has 0 radical (unpaired) electrons. The Bertz CT molecular complexity index is 948. The molecule has 2 aromatic carbocycles. The SMILES string of the molecule is CNC1(C(C)=O)CN(c2ccc(-c3ccc(OC(F)(F)F)cc3)cc2)CCN1C(=O)O. The largest absolute Gasteiger partial charge is 0.573 e. The average molecular weight is 437 g/mol. The Kier molecular flexibility index (Phi) is 6.12. The van der Waals surface area contributed by atoms with Crippen molar-refractivity contribution in [1.29, 1.82) is 0 Å². The van der Waals surface area contributed by atoms with Crippen LogP contribution in [-0.2, 0) is 4.79 Å². The molecule has 0 saturated carbocycles. The number of Topliss-reactive ketones (excluding diaryl/α,β-unsaturated/α-hetero) is 1. The van der Waals surface area contributed by atoms with Crippen LogP contribution in [0.3, 0.4) is 0 Å². The van der Waals surface area contributed by atoms with Crippen LogP contribution in [0, 0.1) is 0 Å². The van der Waals surface area contributed by atoms with Gasteiger partial charge in [-0.2, -0.15) is 0 Å². The third-order valence-corrected chi connectivity index (χ3v) is 5.35. The van der Waals surface area contributed by atoms with Crippen LogP contribution in [0.15, 0.2) is 48.5 Å². The van der Waals surface area contributed by atoms with Crippen molar-refractivity contribution < 1.29 is 32.6 Å². The molecule has 0 aromatic heterocycles. The highest BCUT2D eigenvalue weighted by atomic mass is 19.4. The van der Waals surface area contributed by atoms with Crippen LogP contribution in [0.5, 0.6) is 5.75 Å². The number of anilines is 1. The van der Waals surface area contributed by atoms with Gasteiger partial charge < -0.3 is 14.7 Å². The zero-order valence-corrected chi connectivity index (χ0v) is 16.9. The molecule has 0 aliphatic carbocycles. The summed E-state index contributed by atoms with van der Waals surface area (Å²) in [6.45, 7) is 2.06. The Morgan fingerprint density at radius 3 is 2.03 bits per heavy atom. The molecule has 166 valence electrons. The van der Waals surface area contributed by atoms with Crippen LogP contribution in [0.1, 0.15) is 6.92 Å². The molecule has 1 amide bonds. The third-order valence-electron chi connectivity index (χ3n) is 5.35. The molecule has 2 N–H and O–H groups in total. The summed E-state index contributed by atoms with van der Waals surface area (Å²) in [7, 11) is 1.55. The molecule has 10 heteroatoms. The number of rotatable bonds is 5. The second-order valence-electron chi connectivity index (χ2n) is 7.14. The highest BCUT2D eigenvalue weighted by molar-refractivity contribution is 5.90. The average Bonchev–Trinajstić information content (AvgIpc) is 2.72. The van der Waals surface area contributed by atoms with Crippen LogP contribution in [0.25, 0.3) is 11.1 Å². The molecule has 1 fully saturated rings. The van der Waals surface area contributed by atoms with E-state index in [0.717, 1.165) is 16.2 Å². The lowest BCUT2D eigenvalue weighted by Crippen LogP contribution is -2.73. The van der Waals surface area contributed by atoms with E-state index in [2.05, 4.69) is 10.1 Å². The molecular formula is C21H22F3N3O4. The Morgan fingerprint density at radius 2 is 1.58 bits per heavy atom. The molecular weight excluding hydrogens is 415 g/mol. The summed E-state index contributed by atoms with van der Waals surface area (Å²) in [5, 5.41) is 12.4. The van der Waals surface area contributed by atoms with E-state index in [1.807, 2.05) is 29.2 Å². The van der Waals surface area contributed by atoms with Crippen LogP contribution >= 0.6 is 0 Å². The number of carbonyl (C=O) groups excluding carboxylic acids is 1. The number of hydrogen-bond donors (Lipinski definition) is 2. The molecule has 1 heterocycles. The van der Waals surface area contributed by atoms with E-state index < -0.39 is 18.1 Å². The van der Waals surface area contributed by atoms with E-state index in [-0.39, 0.29) is 24.6 Å². The summed E-state index contributed by atoms with van der Waals surface area (Å²) in [4.78, 5) is 27.0. The van der Waals surface area contributed by atoms with Gasteiger partial charge in [-0.3, -0.25) is 15.0 Å². The second-order valence-corrected chi connectivity index (χ2v) is 7.14. The smallest absolute Gasteiger partial charge is 0.465 e. The summed E-state index contributed by atoms with van der Waals surface area (Å²) in [6, 6.07) is 12.8. The maximum atomic E-state index is 12.3. The first kappa shape index (κ1) is 22.4. The Balaban J connectivity index is 1.78. The van der Waals surface area contributed by atoms with Gasteiger partial charge in [0, 0.05) is 18.8 Å². The first-order valence-electron chi connectivity index (χ1n) is 9.47. The molecule has 0 spiro atoms. The summed E-state index contributed by atoms with van der Waals surface area (Å²) in [5.41, 5.74) is 0.951. The second kappa shape index (κ2) is 8.46. The molecule has 1 aliphatic rings. The number of nitrogens with one attached hydrogen (secondary N) is 1. The third kappa shape index (κ3) is 4.74. The molecule has 31 heavy (non-hydrogen) atoms. The predicted octanol–water partition coefficient (Wildman–Crippen LogP) is 3.56. The number of carbonyl (C=O) groups is 2. The Morgan fingerprint density at radius 1 is 1.03 bits per heavy atom. The van der Waals surface area contributed by atoms with Crippen molar-refractivity contribution in [3.63, 3.8) is 0 Å². The van der Waals surface area contributed by atoms with Crippen molar-refractivity contribution in [2.45, 2.75) is 18.9 Å². The topological polar surface area (TPSA) is 82.1 Å². The summed E-state index contributed by atoms with van der Waals surface area (Å²) in [5.74, 6) is -0.600. The van der Waals surface area contributed by atoms with E-state index in [4.69, 9.17) is 0 Å². The van der Waals surface area contributed by atoms with Gasteiger partial charge in [0.2, 0.25) is 0 Å². The number of hydrogen-bond acceptors (Lipinski definition) is 5. The standard InChI is InChI=1S/C21H22F3N3O4/c1-14(28)20(25-2)13-26(11-12-27(20)19(29)30)17-7-3-15(4-8-17)16-5-9-18(10-6-16)31-21(22,23)24/h3-10,25H,11-13H2,1-2H3,(H,29,30). The van der Waals surface area contributed by atoms with Gasteiger partial charge in [-0.1, -0.05) is 24.3 Å². The molecule has 1 saturated heterocycles. The predicted molar refractivity (Wildman–Crippen MR) is 108 cm³/mol. The van der Waals surface area contributed by atoms with Crippen molar-refractivity contribution in [3.05, 3.63) is 48.5 Å². The lowest BCUT2D eigenvalue weighted by molar-refractivity contribution is -0.274. The minimum Gasteiger partial charge on any atom is -0.465 e. The number of carboxylic acid groups (broad SMARTS) is 1. The van der Waals surface area contributed by atoms with Crippen LogP contribution < -0.4 is 15.0 Å². The highest BCUT2D eigenvalue weighted by Gasteiger charge is 2.47. The van der Waals surface area contributed by atoms with Gasteiger partial charge in [-0.25, -0.2) is 4.79 Å². The minimum absolute atomic E-state index is 0.147. The van der Waals surface area contributed by atoms with E-state index in [0.29, 0.717) is 12.1 Å². The monoisotopic (exact) mass is 437 g/mol. The highest BCUT2D eigenvalue weighted by Crippen LogP contribution is 2.30. The van der Waals surface area contributed by atoms with E-state index in [1.165, 1.54) is 31.2 Å². The number of nitrogens with zero attached hydrogens (tertiary/aromatic N) is 2. The Labute approximate surface area is 177 Å². The van der Waals surface area contributed by atoms with Gasteiger partial charge in [0.05, 0.1) is 6.54 Å². The number of ether oxygens (including phenoxy) is 1. The van der Waals surface area contributed by atoms with E-state index in [1.54, 1.807) is 7.05 Å². The zero-order chi connectivity index (χ0) is 22.8. The molecule has 2 aromatic rings. The molecule has 1 unspecified atom stereocenters. The fourth-order valence-electron chi connectivity index (χ4n) is 3.74. The molecule has 1 aliphatic heterocycles. The number of halogens is 3. The van der Waals surface area contributed by atoms with Gasteiger partial charge in [0.15, 0.2) is 11.4 Å². The van der Waals surface area contributed by atoms with Gasteiger partial charge in [0.1, 0.15) is 5.75 Å². The van der Waals surface area contributed by atoms with Crippen molar-refractivity contribution in [2.75, 3.05) is 31.6 Å². The van der Waals surface area contributed by atoms with Crippen LogP contribution in [0.2, 0.25) is 0 Å². The van der Waals surface area contributed by atoms with Crippen molar-refractivity contribution >= 4 is 17.6 Å². The number of benzene rings is 2. The fourth-order valence-corrected chi connectivity index (χ4v) is 3.74. The number of amides is 1. The Hall–Kier alpha value is -3.27. The van der Waals surface area contributed by atoms with Gasteiger partial charge in [-0.15, -0.1) is 13.2 Å². The van der Waals surface area contributed by atoms with Gasteiger partial charge in [0.25, 0.3) is 0 Å². The van der Waals surface area contributed by atoms with Crippen LogP contribution in [-0.4, -0.2) is 60.6 Å². The van der Waals surface area contributed by atoms with Crippen molar-refractivity contribution in [2.24, 2.45) is 0 Å². The first-order chi connectivity index (χ1) is 14.6. The summed E-state index contributed by atoms with van der Waals surface area (Å²) in [6.07, 6.45) is -5.91. The van der Waals surface area contributed by atoms with Crippen LogP contribution in [0.4, 0.5) is 23.7 Å². The number of likely N-dealkylation sites (N-methyl/N-ethyl adjacent to an activating group) is 1. The summed E-state index contributed by atoms with van der Waals surface area (Å²) >= 11 is 0. The maximum Gasteiger partial charge on any atom is 0.573 e. The molecule has 7 nitrogen and oxygen atoms in total. The number of piperazine rings is 1. The van der Waals surface area contributed by atoms with Gasteiger partial charge >= 0.3 is 12.5 Å². The van der Waals surface area contributed by atoms with Gasteiger partial charge in [-0.05, 0) is 49.4 Å². The number of ketones is 1. The lowest BCUT2D eigenvalue weighted by Gasteiger charge is -2.48. The molecule has 0 bridgehead atoms. The van der Waals surface area contributed by atoms with E-state index in [9.17, 15) is 27.9 Å². The quantitative estimate of drug-likeness (QED) is 0.745. The van der Waals surface area contributed by atoms with Crippen molar-refractivity contribution in [3.8, 4) is 16.9 Å². The zero-order valence-electron chi connectivity index (χ0n) is 16.9. The fraction of sp³-hybridized carbons (Fsp3) is 0.333. The number of alkyl halides is 3. The molecule has 1 atom stereocenters. The lowest BCUT2D eigenvalue weighted by atomic mass is 9.99. The first-order valence-corrected chi connectivity index (χ1v) is 9.47. The maximum absolute atomic E-state index is 12.3.